The fourth-order valence-corrected chi connectivity index (χ4v) is 3.20. The van der Waals surface area contributed by atoms with Crippen LogP contribution in [0, 0.1) is 6.92 Å². The normalized spacial score (nSPS) is 10.8. The number of aromatic nitrogens is 3. The smallest absolute Gasteiger partial charge is 0.259 e. The molecule has 128 valence electrons. The van der Waals surface area contributed by atoms with Gasteiger partial charge in [-0.25, -0.2) is 9.67 Å². The third-order valence-electron chi connectivity index (χ3n) is 4.14. The van der Waals surface area contributed by atoms with Crippen LogP contribution in [-0.2, 0) is 0 Å². The van der Waals surface area contributed by atoms with Crippen LogP contribution in [0.5, 0.6) is 0 Å². The number of hydrogen-bond acceptors (Lipinski definition) is 3. The van der Waals surface area contributed by atoms with Crippen molar-refractivity contribution in [1.82, 2.24) is 14.8 Å². The predicted octanol–water partition coefficient (Wildman–Crippen LogP) is 4.74. The first-order valence-electron chi connectivity index (χ1n) is 8.09. The summed E-state index contributed by atoms with van der Waals surface area (Å²) in [4.78, 5) is 17.2. The molecule has 0 bridgehead atoms. The number of hydrogen-bond donors (Lipinski definition) is 1. The number of carbonyl (C=O) groups excluding carboxylic acids is 1. The molecule has 0 radical (unpaired) electrons. The topological polar surface area (TPSA) is 59.8 Å². The highest BCUT2D eigenvalue weighted by molar-refractivity contribution is 9.10. The van der Waals surface area contributed by atoms with Crippen molar-refractivity contribution >= 4 is 38.4 Å². The number of rotatable bonds is 3. The number of carbonyl (C=O) groups is 1. The molecule has 0 spiro atoms. The molecule has 6 heteroatoms. The SMILES string of the molecule is Cc1c(C(=O)Nc2cccc(Br)c2)cnn1-c1ccc2ccccc2n1. The Kier molecular flexibility index (Phi) is 4.26. The lowest BCUT2D eigenvalue weighted by molar-refractivity contribution is 0.102. The average molecular weight is 407 g/mol. The molecule has 0 saturated carbocycles. The monoisotopic (exact) mass is 406 g/mol. The van der Waals surface area contributed by atoms with E-state index < -0.39 is 0 Å². The van der Waals surface area contributed by atoms with Gasteiger partial charge >= 0.3 is 0 Å². The molecule has 1 amide bonds. The maximum absolute atomic E-state index is 12.6. The van der Waals surface area contributed by atoms with Crippen molar-refractivity contribution in [3.8, 4) is 5.82 Å². The van der Waals surface area contributed by atoms with Crippen LogP contribution in [0.15, 0.2) is 71.3 Å². The van der Waals surface area contributed by atoms with E-state index in [9.17, 15) is 4.79 Å². The van der Waals surface area contributed by atoms with Crippen LogP contribution in [0.3, 0.4) is 0 Å². The third-order valence-corrected chi connectivity index (χ3v) is 4.63. The van der Waals surface area contributed by atoms with Crippen molar-refractivity contribution in [2.24, 2.45) is 0 Å². The molecule has 0 unspecified atom stereocenters. The maximum Gasteiger partial charge on any atom is 0.259 e. The molecule has 2 aromatic carbocycles. The molecule has 2 heterocycles. The second-order valence-electron chi connectivity index (χ2n) is 5.88. The Bertz CT molecular complexity index is 1120. The van der Waals surface area contributed by atoms with E-state index in [1.807, 2.05) is 67.6 Å². The Morgan fingerprint density at radius 2 is 1.92 bits per heavy atom. The summed E-state index contributed by atoms with van der Waals surface area (Å²) in [6.07, 6.45) is 1.57. The number of halogens is 1. The van der Waals surface area contributed by atoms with Crippen molar-refractivity contribution in [2.75, 3.05) is 5.32 Å². The average Bonchev–Trinajstić information content (AvgIpc) is 3.03. The molecule has 2 aromatic heterocycles. The summed E-state index contributed by atoms with van der Waals surface area (Å²) >= 11 is 3.40. The number of fused-ring (bicyclic) bond motifs is 1. The van der Waals surface area contributed by atoms with E-state index in [0.29, 0.717) is 11.4 Å². The zero-order valence-corrected chi connectivity index (χ0v) is 15.6. The summed E-state index contributed by atoms with van der Waals surface area (Å²) in [6, 6.07) is 19.3. The summed E-state index contributed by atoms with van der Waals surface area (Å²) in [5.74, 6) is 0.482. The quantitative estimate of drug-likeness (QED) is 0.534. The van der Waals surface area contributed by atoms with E-state index in [0.717, 1.165) is 26.8 Å². The number of nitrogens with zero attached hydrogens (tertiary/aromatic N) is 3. The first-order chi connectivity index (χ1) is 12.6. The van der Waals surface area contributed by atoms with E-state index in [-0.39, 0.29) is 5.91 Å². The number of nitrogens with one attached hydrogen (secondary N) is 1. The molecule has 4 aromatic rings. The molecule has 0 atom stereocenters. The van der Waals surface area contributed by atoms with Crippen LogP contribution in [0.4, 0.5) is 5.69 Å². The predicted molar refractivity (Wildman–Crippen MR) is 106 cm³/mol. The van der Waals surface area contributed by atoms with Gasteiger partial charge in [0.05, 0.1) is 23.0 Å². The van der Waals surface area contributed by atoms with Gasteiger partial charge in [0.25, 0.3) is 5.91 Å². The number of anilines is 1. The van der Waals surface area contributed by atoms with Crippen molar-refractivity contribution in [3.05, 3.63) is 82.6 Å². The minimum atomic E-state index is -0.201. The molecule has 0 saturated heterocycles. The van der Waals surface area contributed by atoms with E-state index >= 15 is 0 Å². The molecule has 0 aliphatic heterocycles. The van der Waals surface area contributed by atoms with Gasteiger partial charge in [0.2, 0.25) is 0 Å². The molecule has 0 aliphatic rings. The Labute approximate surface area is 158 Å². The zero-order valence-electron chi connectivity index (χ0n) is 14.0. The van der Waals surface area contributed by atoms with Gasteiger partial charge in [-0.2, -0.15) is 5.10 Å². The van der Waals surface area contributed by atoms with Gasteiger partial charge < -0.3 is 5.32 Å². The first-order valence-corrected chi connectivity index (χ1v) is 8.89. The molecule has 0 aliphatic carbocycles. The lowest BCUT2D eigenvalue weighted by atomic mass is 10.2. The maximum atomic E-state index is 12.6. The molecular formula is C20H15BrN4O. The van der Waals surface area contributed by atoms with Crippen LogP contribution in [0.25, 0.3) is 16.7 Å². The molecule has 0 fully saturated rings. The minimum Gasteiger partial charge on any atom is -0.322 e. The van der Waals surface area contributed by atoms with Gasteiger partial charge in [-0.15, -0.1) is 0 Å². The van der Waals surface area contributed by atoms with Gasteiger partial charge in [-0.1, -0.05) is 40.2 Å². The second-order valence-corrected chi connectivity index (χ2v) is 6.80. The van der Waals surface area contributed by atoms with Crippen molar-refractivity contribution in [2.45, 2.75) is 6.92 Å². The Morgan fingerprint density at radius 3 is 2.77 bits per heavy atom. The number of pyridine rings is 1. The zero-order chi connectivity index (χ0) is 18.1. The van der Waals surface area contributed by atoms with Crippen LogP contribution >= 0.6 is 15.9 Å². The molecule has 1 N–H and O–H groups in total. The first kappa shape index (κ1) is 16.5. The number of benzene rings is 2. The Balaban J connectivity index is 1.65. The largest absolute Gasteiger partial charge is 0.322 e. The highest BCUT2D eigenvalue weighted by Gasteiger charge is 2.16. The molecular weight excluding hydrogens is 392 g/mol. The van der Waals surface area contributed by atoms with Gasteiger partial charge in [-0.3, -0.25) is 4.79 Å². The standard InChI is InChI=1S/C20H15BrN4O/c1-13-17(20(26)23-16-7-4-6-15(21)11-16)12-22-25(13)19-10-9-14-5-2-3-8-18(14)24-19/h2-12H,1H3,(H,23,26). The van der Waals surface area contributed by atoms with E-state index in [2.05, 4.69) is 31.3 Å². The summed E-state index contributed by atoms with van der Waals surface area (Å²) < 4.78 is 2.59. The van der Waals surface area contributed by atoms with Crippen LogP contribution in [-0.4, -0.2) is 20.7 Å². The van der Waals surface area contributed by atoms with E-state index in [1.165, 1.54) is 0 Å². The number of para-hydroxylation sites is 1. The Hall–Kier alpha value is -2.99. The summed E-state index contributed by atoms with van der Waals surface area (Å²) in [5, 5.41) is 8.31. The van der Waals surface area contributed by atoms with Crippen molar-refractivity contribution in [3.63, 3.8) is 0 Å². The fraction of sp³-hybridized carbons (Fsp3) is 0.0500. The summed E-state index contributed by atoms with van der Waals surface area (Å²) in [5.41, 5.74) is 2.86. The van der Waals surface area contributed by atoms with E-state index in [4.69, 9.17) is 0 Å². The van der Waals surface area contributed by atoms with Gasteiger partial charge in [0, 0.05) is 15.5 Å². The van der Waals surface area contributed by atoms with Gasteiger partial charge in [0.15, 0.2) is 5.82 Å². The van der Waals surface area contributed by atoms with Crippen molar-refractivity contribution in [1.29, 1.82) is 0 Å². The van der Waals surface area contributed by atoms with Crippen molar-refractivity contribution < 1.29 is 4.79 Å². The lowest BCUT2D eigenvalue weighted by Crippen LogP contribution is -2.13. The molecule has 26 heavy (non-hydrogen) atoms. The fourth-order valence-electron chi connectivity index (χ4n) is 2.80. The highest BCUT2D eigenvalue weighted by atomic mass is 79.9. The van der Waals surface area contributed by atoms with Crippen LogP contribution in [0.2, 0.25) is 0 Å². The Morgan fingerprint density at radius 1 is 1.08 bits per heavy atom. The second kappa shape index (κ2) is 6.72. The third kappa shape index (κ3) is 3.11. The van der Waals surface area contributed by atoms with Gasteiger partial charge in [-0.05, 0) is 43.3 Å². The summed E-state index contributed by atoms with van der Waals surface area (Å²) in [6.45, 7) is 1.86. The number of amides is 1. The van der Waals surface area contributed by atoms with E-state index in [1.54, 1.807) is 10.9 Å². The van der Waals surface area contributed by atoms with Crippen LogP contribution < -0.4 is 5.32 Å². The lowest BCUT2D eigenvalue weighted by Gasteiger charge is -2.07. The molecule has 4 rings (SSSR count). The van der Waals surface area contributed by atoms with Crippen LogP contribution in [0.1, 0.15) is 16.1 Å². The summed E-state index contributed by atoms with van der Waals surface area (Å²) in [7, 11) is 0. The minimum absolute atomic E-state index is 0.201. The molecule has 5 nitrogen and oxygen atoms in total. The van der Waals surface area contributed by atoms with Gasteiger partial charge in [0.1, 0.15) is 0 Å². The highest BCUT2D eigenvalue weighted by Crippen LogP contribution is 2.19.